The number of benzene rings is 1. The van der Waals surface area contributed by atoms with E-state index < -0.39 is 42.6 Å². The van der Waals surface area contributed by atoms with Crippen molar-refractivity contribution < 1.29 is 23.3 Å². The maximum absolute atomic E-state index is 14.6. The van der Waals surface area contributed by atoms with E-state index in [2.05, 4.69) is 9.97 Å². The van der Waals surface area contributed by atoms with Gasteiger partial charge in [0, 0.05) is 11.2 Å². The molecule has 0 radical (unpaired) electrons. The molecule has 2 saturated heterocycles. The van der Waals surface area contributed by atoms with Crippen molar-refractivity contribution in [3.63, 3.8) is 0 Å². The predicted molar refractivity (Wildman–Crippen MR) is 114 cm³/mol. The number of ether oxygens (including phenoxy) is 4. The zero-order chi connectivity index (χ0) is 22.2. The fourth-order valence-corrected chi connectivity index (χ4v) is 5.31. The van der Waals surface area contributed by atoms with Gasteiger partial charge in [-0.15, -0.1) is 0 Å². The summed E-state index contributed by atoms with van der Waals surface area (Å²) in [4.78, 5) is 8.43. The molecule has 0 N–H and O–H groups in total. The second kappa shape index (κ2) is 7.35. The Morgan fingerprint density at radius 1 is 1.06 bits per heavy atom. The third-order valence-corrected chi connectivity index (χ3v) is 6.75. The Hall–Kier alpha value is -1.81. The van der Waals surface area contributed by atoms with Crippen LogP contribution in [-0.4, -0.2) is 45.2 Å². The third-order valence-electron chi connectivity index (χ3n) is 6.21. The largest absolute Gasteiger partial charge is 0.367 e. The highest BCUT2D eigenvalue weighted by Gasteiger charge is 2.59. The van der Waals surface area contributed by atoms with Crippen LogP contribution in [0.2, 0.25) is 10.2 Å². The summed E-state index contributed by atoms with van der Waals surface area (Å²) in [7, 11) is 0. The van der Waals surface area contributed by atoms with Crippen LogP contribution in [0.3, 0.4) is 0 Å². The molecule has 3 aromatic rings. The summed E-state index contributed by atoms with van der Waals surface area (Å²) in [5.41, 5.74) is 1.85. The summed E-state index contributed by atoms with van der Waals surface area (Å²) in [5.74, 6) is -0.814. The van der Waals surface area contributed by atoms with Gasteiger partial charge < -0.3 is 23.5 Å². The van der Waals surface area contributed by atoms with Gasteiger partial charge >= 0.3 is 0 Å². The van der Waals surface area contributed by atoms with Gasteiger partial charge in [0.1, 0.15) is 47.7 Å². The molecule has 0 amide bonds. The van der Waals surface area contributed by atoms with Gasteiger partial charge in [0.25, 0.3) is 0 Å². The van der Waals surface area contributed by atoms with Crippen molar-refractivity contribution in [2.24, 2.45) is 0 Å². The number of rotatable bonds is 2. The van der Waals surface area contributed by atoms with E-state index >= 15 is 0 Å². The first-order valence-corrected chi connectivity index (χ1v) is 11.1. The van der Waals surface area contributed by atoms with Gasteiger partial charge in [0.05, 0.1) is 12.0 Å². The minimum Gasteiger partial charge on any atom is -0.367 e. The number of aromatic nitrogens is 3. The van der Waals surface area contributed by atoms with Crippen LogP contribution in [0.4, 0.5) is 4.39 Å². The van der Waals surface area contributed by atoms with Gasteiger partial charge in [-0.1, -0.05) is 29.3 Å². The minimum absolute atomic E-state index is 0.0839. The minimum atomic E-state index is -1.25. The lowest BCUT2D eigenvalue weighted by Crippen LogP contribution is -2.37. The number of fused-ring (bicyclic) bond motifs is 3. The smallest absolute Gasteiger partial charge is 0.164 e. The molecule has 2 aromatic heterocycles. The molecule has 0 spiro atoms. The van der Waals surface area contributed by atoms with Crippen molar-refractivity contribution in [3.8, 4) is 0 Å². The summed E-state index contributed by atoms with van der Waals surface area (Å²) in [5, 5.41) is 1.55. The normalized spacial score (nSPS) is 33.4. The van der Waals surface area contributed by atoms with E-state index in [0.717, 1.165) is 0 Å². The number of hydrogen-bond acceptors (Lipinski definition) is 6. The third kappa shape index (κ3) is 3.16. The predicted octanol–water partition coefficient (Wildman–Crippen LogP) is 4.94. The van der Waals surface area contributed by atoms with E-state index in [4.69, 9.17) is 42.1 Å². The number of alkyl halides is 1. The second-order valence-electron chi connectivity index (χ2n) is 8.68. The monoisotopic (exact) mass is 479 g/mol. The summed E-state index contributed by atoms with van der Waals surface area (Å²) >= 11 is 12.4. The van der Waals surface area contributed by atoms with Crippen LogP contribution in [-0.2, 0) is 18.9 Å². The highest BCUT2D eigenvalue weighted by Crippen LogP contribution is 2.50. The van der Waals surface area contributed by atoms with Crippen LogP contribution in [0.25, 0.3) is 11.0 Å². The van der Waals surface area contributed by atoms with Crippen LogP contribution < -0.4 is 0 Å². The molecule has 0 bridgehead atoms. The van der Waals surface area contributed by atoms with Crippen LogP contribution in [0, 0.1) is 0 Å². The summed E-state index contributed by atoms with van der Waals surface area (Å²) in [6.45, 7) is 3.64. The van der Waals surface area contributed by atoms with Gasteiger partial charge in [-0.25, -0.2) is 14.4 Å². The lowest BCUT2D eigenvalue weighted by Gasteiger charge is -2.34. The Bertz CT molecular complexity index is 1210. The van der Waals surface area contributed by atoms with Crippen LogP contribution in [0.15, 0.2) is 36.8 Å². The van der Waals surface area contributed by atoms with Crippen molar-refractivity contribution in [2.45, 2.75) is 56.5 Å². The lowest BCUT2D eigenvalue weighted by molar-refractivity contribution is -0.214. The summed E-state index contributed by atoms with van der Waals surface area (Å²) in [6.07, 6.45) is -0.478. The maximum atomic E-state index is 14.6. The molecule has 0 saturated carbocycles. The van der Waals surface area contributed by atoms with Gasteiger partial charge in [0.15, 0.2) is 12.0 Å². The Kier molecular flexibility index (Phi) is 4.77. The molecule has 6 rings (SSSR count). The van der Waals surface area contributed by atoms with Crippen molar-refractivity contribution >= 4 is 34.2 Å². The Labute approximate surface area is 193 Å². The van der Waals surface area contributed by atoms with E-state index in [0.29, 0.717) is 32.3 Å². The van der Waals surface area contributed by atoms with Gasteiger partial charge in [-0.3, -0.25) is 0 Å². The average Bonchev–Trinajstić information content (AvgIpc) is 3.40. The van der Waals surface area contributed by atoms with Gasteiger partial charge in [-0.05, 0) is 43.2 Å². The number of nitrogens with zero attached hydrogens (tertiary/aromatic N) is 3. The highest BCUT2D eigenvalue weighted by molar-refractivity contribution is 6.33. The molecule has 6 atom stereocenters. The Morgan fingerprint density at radius 2 is 1.88 bits per heavy atom. The molecule has 32 heavy (non-hydrogen) atoms. The highest BCUT2D eigenvalue weighted by atomic mass is 35.5. The molecular formula is C22H20Cl2FN3O4. The zero-order valence-electron chi connectivity index (χ0n) is 17.2. The van der Waals surface area contributed by atoms with E-state index in [9.17, 15) is 4.39 Å². The van der Waals surface area contributed by atoms with Crippen molar-refractivity contribution in [1.29, 1.82) is 0 Å². The summed E-state index contributed by atoms with van der Waals surface area (Å²) in [6, 6.07) is 7.01. The van der Waals surface area contributed by atoms with Crippen LogP contribution in [0.5, 0.6) is 0 Å². The lowest BCUT2D eigenvalue weighted by atomic mass is 9.91. The molecular weight excluding hydrogens is 460 g/mol. The average molecular weight is 480 g/mol. The maximum Gasteiger partial charge on any atom is 0.164 e. The molecule has 1 aromatic carbocycles. The van der Waals surface area contributed by atoms with E-state index in [1.54, 1.807) is 18.2 Å². The quantitative estimate of drug-likeness (QED) is 0.485. The number of hydrogen-bond donors (Lipinski definition) is 0. The molecule has 2 fully saturated rings. The molecule has 3 aliphatic rings. The first kappa shape index (κ1) is 20.8. The van der Waals surface area contributed by atoms with E-state index in [1.165, 1.54) is 6.33 Å². The Morgan fingerprint density at radius 3 is 2.72 bits per heavy atom. The van der Waals surface area contributed by atoms with E-state index in [1.807, 2.05) is 30.7 Å². The second-order valence-corrected chi connectivity index (χ2v) is 9.47. The van der Waals surface area contributed by atoms with Crippen molar-refractivity contribution in [3.05, 3.63) is 58.1 Å². The molecule has 3 aliphatic heterocycles. The fraction of sp³-hybridized carbons (Fsp3) is 0.455. The Balaban J connectivity index is 1.42. The molecule has 7 nitrogen and oxygen atoms in total. The van der Waals surface area contributed by atoms with E-state index in [-0.39, 0.29) is 6.61 Å². The van der Waals surface area contributed by atoms with Crippen molar-refractivity contribution in [1.82, 2.24) is 14.5 Å². The zero-order valence-corrected chi connectivity index (χ0v) is 18.8. The summed E-state index contributed by atoms with van der Waals surface area (Å²) < 4.78 is 41.4. The SMILES string of the molecule is CC1(C)O[C@H]2[C@@H](O1)[C@H](n1ccc3c(Cl)ncnc31)O[C@@H]2[C@H]1OC[C@H](F)c2cc(Cl)ccc21. The number of halogens is 3. The fourth-order valence-electron chi connectivity index (χ4n) is 4.94. The van der Waals surface area contributed by atoms with Crippen molar-refractivity contribution in [2.75, 3.05) is 6.61 Å². The molecule has 10 heteroatoms. The van der Waals surface area contributed by atoms with Crippen LogP contribution in [0.1, 0.15) is 43.5 Å². The molecule has 168 valence electrons. The first-order valence-electron chi connectivity index (χ1n) is 10.4. The van der Waals surface area contributed by atoms with Gasteiger partial charge in [0.2, 0.25) is 0 Å². The van der Waals surface area contributed by atoms with Crippen LogP contribution >= 0.6 is 23.2 Å². The molecule has 5 heterocycles. The molecule has 0 unspecified atom stereocenters. The topological polar surface area (TPSA) is 67.6 Å². The first-order chi connectivity index (χ1) is 15.3. The standard InChI is InChI=1S/C22H20Cl2FN3O4/c1-22(2)31-17-16(15-11-4-3-10(23)7-13(11)14(25)8-29-15)30-21(18(17)32-22)28-6-5-12-19(24)26-9-27-20(12)28/h3-7,9,14-18,21H,8H2,1-2H3/t14-,15-,16+,17+,18+,21+/m0/s1. The molecule has 0 aliphatic carbocycles. The van der Waals surface area contributed by atoms with Gasteiger partial charge in [-0.2, -0.15) is 0 Å².